The normalized spacial score (nSPS) is 15.5. The number of aromatic nitrogens is 2. The van der Waals surface area contributed by atoms with Crippen LogP contribution in [0.1, 0.15) is 35.9 Å². The van der Waals surface area contributed by atoms with Gasteiger partial charge in [-0.1, -0.05) is 0 Å². The quantitative estimate of drug-likeness (QED) is 0.614. The van der Waals surface area contributed by atoms with Crippen molar-refractivity contribution in [3.8, 4) is 0 Å². The molecular weight excluding hydrogens is 421 g/mol. The van der Waals surface area contributed by atoms with Crippen molar-refractivity contribution < 1.29 is 13.9 Å². The lowest BCUT2D eigenvalue weighted by atomic mass is 10.0. The molecule has 1 amide bonds. The van der Waals surface area contributed by atoms with Gasteiger partial charge >= 0.3 is 0 Å². The van der Waals surface area contributed by atoms with Gasteiger partial charge < -0.3 is 20.3 Å². The molecule has 0 unspecified atom stereocenters. The molecule has 1 fully saturated rings. The van der Waals surface area contributed by atoms with Crippen LogP contribution in [0.4, 0.5) is 21.6 Å². The highest BCUT2D eigenvalue weighted by atomic mass is 19.1. The lowest BCUT2D eigenvalue weighted by Crippen LogP contribution is -2.36. The molecule has 1 aliphatic heterocycles. The van der Waals surface area contributed by atoms with E-state index in [2.05, 4.69) is 21.6 Å². The van der Waals surface area contributed by atoms with Crippen LogP contribution in [0.15, 0.2) is 24.3 Å². The lowest BCUT2D eigenvalue weighted by Gasteiger charge is -2.31. The van der Waals surface area contributed by atoms with Crippen LogP contribution < -0.4 is 15.5 Å². The van der Waals surface area contributed by atoms with Crippen LogP contribution in [0, 0.1) is 12.7 Å². The number of hydrogen-bond acceptors (Lipinski definition) is 6. The second kappa shape index (κ2) is 8.94. The Bertz CT molecular complexity index is 1220. The number of carbonyl (C=O) groups excluding carboxylic acids is 1. The Hall–Kier alpha value is -3.26. The van der Waals surface area contributed by atoms with Gasteiger partial charge in [0.05, 0.1) is 18.7 Å². The maximum absolute atomic E-state index is 14.1. The molecule has 1 saturated heterocycles. The molecule has 0 spiro atoms. The predicted molar refractivity (Wildman–Crippen MR) is 127 cm³/mol. The second-order valence-electron chi connectivity index (χ2n) is 8.70. The van der Waals surface area contributed by atoms with Crippen molar-refractivity contribution in [3.63, 3.8) is 0 Å². The third kappa shape index (κ3) is 4.48. The zero-order valence-electron chi connectivity index (χ0n) is 19.0. The van der Waals surface area contributed by atoms with Crippen LogP contribution in [0.3, 0.4) is 0 Å². The molecule has 2 aliphatic rings. The lowest BCUT2D eigenvalue weighted by molar-refractivity contribution is -0.114. The average molecular weight is 450 g/mol. The van der Waals surface area contributed by atoms with Gasteiger partial charge in [-0.15, -0.1) is 0 Å². The molecular formula is C25H28FN5O2. The molecule has 0 bridgehead atoms. The number of fused-ring (bicyclic) bond motifs is 3. The number of rotatable bonds is 5. The van der Waals surface area contributed by atoms with Crippen LogP contribution >= 0.6 is 0 Å². The Morgan fingerprint density at radius 3 is 2.70 bits per heavy atom. The molecule has 7 nitrogen and oxygen atoms in total. The number of morpholine rings is 1. The molecule has 8 heteroatoms. The fourth-order valence-electron chi connectivity index (χ4n) is 4.89. The number of ether oxygens (including phenoxy) is 1. The first-order valence-corrected chi connectivity index (χ1v) is 11.4. The summed E-state index contributed by atoms with van der Waals surface area (Å²) < 4.78 is 19.7. The summed E-state index contributed by atoms with van der Waals surface area (Å²) in [6, 6.07) is 6.75. The summed E-state index contributed by atoms with van der Waals surface area (Å²) in [5.41, 5.74) is 6.15. The van der Waals surface area contributed by atoms with Gasteiger partial charge in [-0.3, -0.25) is 4.79 Å². The number of aryl methyl sites for hydroxylation is 2. The van der Waals surface area contributed by atoms with E-state index in [4.69, 9.17) is 14.7 Å². The van der Waals surface area contributed by atoms with E-state index < -0.39 is 5.82 Å². The minimum Gasteiger partial charge on any atom is -0.378 e. The van der Waals surface area contributed by atoms with E-state index in [9.17, 15) is 9.18 Å². The summed E-state index contributed by atoms with van der Waals surface area (Å²) in [5, 5.41) is 7.03. The number of nitrogens with one attached hydrogen (secondary N) is 2. The van der Waals surface area contributed by atoms with Gasteiger partial charge in [-0.05, 0) is 67.1 Å². The molecule has 33 heavy (non-hydrogen) atoms. The molecule has 3 aromatic rings. The molecule has 1 aliphatic carbocycles. The topological polar surface area (TPSA) is 79.4 Å². The molecule has 2 aromatic carbocycles. The Balaban J connectivity index is 1.52. The van der Waals surface area contributed by atoms with Gasteiger partial charge in [0.2, 0.25) is 5.91 Å². The van der Waals surface area contributed by atoms with Crippen molar-refractivity contribution in [1.82, 2.24) is 9.97 Å². The number of anilines is 3. The summed E-state index contributed by atoms with van der Waals surface area (Å²) >= 11 is 0. The van der Waals surface area contributed by atoms with Gasteiger partial charge in [-0.2, -0.15) is 0 Å². The van der Waals surface area contributed by atoms with Crippen LogP contribution in [0.2, 0.25) is 0 Å². The van der Waals surface area contributed by atoms with E-state index in [0.717, 1.165) is 67.8 Å². The van der Waals surface area contributed by atoms with Crippen LogP contribution in [-0.4, -0.2) is 42.2 Å². The molecule has 0 atom stereocenters. The van der Waals surface area contributed by atoms with E-state index in [0.29, 0.717) is 18.1 Å². The highest BCUT2D eigenvalue weighted by Crippen LogP contribution is 2.39. The summed E-state index contributed by atoms with van der Waals surface area (Å²) in [5.74, 6) is 0.819. The summed E-state index contributed by atoms with van der Waals surface area (Å²) in [7, 11) is 0. The van der Waals surface area contributed by atoms with Gasteiger partial charge in [0, 0.05) is 43.3 Å². The van der Waals surface area contributed by atoms with Crippen molar-refractivity contribution in [3.05, 3.63) is 52.6 Å². The summed E-state index contributed by atoms with van der Waals surface area (Å²) in [6.45, 7) is 6.91. The van der Waals surface area contributed by atoms with Crippen molar-refractivity contribution in [2.45, 2.75) is 39.7 Å². The van der Waals surface area contributed by atoms with Crippen molar-refractivity contribution in [2.24, 2.45) is 0 Å². The van der Waals surface area contributed by atoms with E-state index in [-0.39, 0.29) is 5.91 Å². The molecule has 1 aromatic heterocycles. The van der Waals surface area contributed by atoms with E-state index in [1.54, 1.807) is 6.07 Å². The van der Waals surface area contributed by atoms with Crippen LogP contribution in [0.25, 0.3) is 10.9 Å². The zero-order chi connectivity index (χ0) is 22.9. The minimum absolute atomic E-state index is 0.235. The van der Waals surface area contributed by atoms with Crippen molar-refractivity contribution >= 4 is 34.0 Å². The van der Waals surface area contributed by atoms with E-state index in [1.807, 2.05) is 6.92 Å². The first-order valence-electron chi connectivity index (χ1n) is 11.4. The molecule has 0 radical (unpaired) electrons. The predicted octanol–water partition coefficient (Wildman–Crippen LogP) is 3.97. The standard InChI is InChI=1S/C25H28FN5O2/c1-15-28-24-21-5-3-4-20(21)23(31-6-8-33-9-7-31)13-22(24)25(29-15)27-14-17-10-18(26)12-19(11-17)30-16(2)32/h10-13H,3-9,14H2,1-2H3,(H,30,32)(H,27,28,29). The van der Waals surface area contributed by atoms with Crippen molar-refractivity contribution in [2.75, 3.05) is 41.8 Å². The van der Waals surface area contributed by atoms with E-state index >= 15 is 0 Å². The zero-order valence-corrected chi connectivity index (χ0v) is 19.0. The minimum atomic E-state index is -0.394. The number of benzene rings is 2. The summed E-state index contributed by atoms with van der Waals surface area (Å²) in [4.78, 5) is 23.3. The maximum atomic E-state index is 14.1. The van der Waals surface area contributed by atoms with Crippen LogP contribution in [0.5, 0.6) is 0 Å². The van der Waals surface area contributed by atoms with E-state index in [1.165, 1.54) is 35.9 Å². The number of halogens is 1. The smallest absolute Gasteiger partial charge is 0.221 e. The number of hydrogen-bond donors (Lipinski definition) is 2. The largest absolute Gasteiger partial charge is 0.378 e. The third-order valence-corrected chi connectivity index (χ3v) is 6.24. The molecule has 5 rings (SSSR count). The number of nitrogens with zero attached hydrogens (tertiary/aromatic N) is 3. The Morgan fingerprint density at radius 2 is 1.91 bits per heavy atom. The maximum Gasteiger partial charge on any atom is 0.221 e. The Kier molecular flexibility index (Phi) is 5.85. The monoisotopic (exact) mass is 449 g/mol. The molecule has 2 N–H and O–H groups in total. The van der Waals surface area contributed by atoms with Gasteiger partial charge in [0.15, 0.2) is 0 Å². The second-order valence-corrected chi connectivity index (χ2v) is 8.70. The van der Waals surface area contributed by atoms with Gasteiger partial charge in [0.25, 0.3) is 0 Å². The van der Waals surface area contributed by atoms with Gasteiger partial charge in [-0.25, -0.2) is 14.4 Å². The molecule has 2 heterocycles. The van der Waals surface area contributed by atoms with Gasteiger partial charge in [0.1, 0.15) is 17.5 Å². The third-order valence-electron chi connectivity index (χ3n) is 6.24. The molecule has 172 valence electrons. The Morgan fingerprint density at radius 1 is 1.12 bits per heavy atom. The SMILES string of the molecule is CC(=O)Nc1cc(F)cc(CNc2nc(C)nc3c4c(c(N5CCOCC5)cc23)CCC4)c1. The number of amides is 1. The number of carbonyl (C=O) groups is 1. The Labute approximate surface area is 192 Å². The highest BCUT2D eigenvalue weighted by molar-refractivity contribution is 5.96. The van der Waals surface area contributed by atoms with Crippen molar-refractivity contribution in [1.29, 1.82) is 0 Å². The average Bonchev–Trinajstić information content (AvgIpc) is 3.27. The molecule has 0 saturated carbocycles. The first kappa shape index (κ1) is 21.6. The fraction of sp³-hybridized carbons (Fsp3) is 0.400. The fourth-order valence-corrected chi connectivity index (χ4v) is 4.89. The highest BCUT2D eigenvalue weighted by Gasteiger charge is 2.25. The summed E-state index contributed by atoms with van der Waals surface area (Å²) in [6.07, 6.45) is 3.22. The van der Waals surface area contributed by atoms with Crippen LogP contribution in [-0.2, 0) is 28.9 Å². The first-order chi connectivity index (χ1) is 16.0.